The highest BCUT2D eigenvalue weighted by atomic mass is 28.4. The molecule has 0 aliphatic heterocycles. The van der Waals surface area contributed by atoms with Gasteiger partial charge in [-0.05, 0) is 56.7 Å². The Balaban J connectivity index is 2.64. The standard InChI is InChI=1S/C26H46O4Si/c1-7-8-11-14-22(30-31(5,6)26(2,3)4)19-17-21-18-20-24(27)23(21)15-12-9-10-13-16-25(28)29/h9,12,18,22-23H,7-8,10-11,13-17,19-20H2,1-6H3,(H,28,29)/b12-9-/t22?,23-/m1/s1. The van der Waals surface area contributed by atoms with Gasteiger partial charge in [-0.1, -0.05) is 70.8 Å². The zero-order valence-electron chi connectivity index (χ0n) is 20.8. The summed E-state index contributed by atoms with van der Waals surface area (Å²) in [6.45, 7) is 13.8. The number of carbonyl (C=O) groups excluding carboxylic acids is 1. The number of aliphatic carboxylic acids is 1. The Morgan fingerprint density at radius 2 is 1.94 bits per heavy atom. The largest absolute Gasteiger partial charge is 0.481 e. The first-order valence-electron chi connectivity index (χ1n) is 12.2. The average molecular weight is 451 g/mol. The van der Waals surface area contributed by atoms with Crippen molar-refractivity contribution in [3.8, 4) is 0 Å². The first kappa shape index (κ1) is 27.8. The van der Waals surface area contributed by atoms with Crippen LogP contribution in [0, 0.1) is 5.92 Å². The van der Waals surface area contributed by atoms with Crippen LogP contribution in [0.4, 0.5) is 0 Å². The topological polar surface area (TPSA) is 63.6 Å². The summed E-state index contributed by atoms with van der Waals surface area (Å²) in [5, 5.41) is 8.92. The molecule has 0 radical (unpaired) electrons. The van der Waals surface area contributed by atoms with E-state index in [-0.39, 0.29) is 23.5 Å². The summed E-state index contributed by atoms with van der Waals surface area (Å²) in [7, 11) is -1.82. The summed E-state index contributed by atoms with van der Waals surface area (Å²) in [5.74, 6) is -0.434. The third-order valence-corrected chi connectivity index (χ3v) is 11.4. The molecule has 0 fully saturated rings. The van der Waals surface area contributed by atoms with Gasteiger partial charge in [0.25, 0.3) is 0 Å². The number of hydrogen-bond donors (Lipinski definition) is 1. The van der Waals surface area contributed by atoms with Gasteiger partial charge >= 0.3 is 5.97 Å². The molecule has 0 aromatic rings. The Bertz CT molecular complexity index is 628. The molecular formula is C26H46O4Si. The van der Waals surface area contributed by atoms with E-state index in [0.717, 1.165) is 32.1 Å². The van der Waals surface area contributed by atoms with E-state index in [1.807, 2.05) is 6.08 Å². The zero-order valence-corrected chi connectivity index (χ0v) is 21.8. The summed E-state index contributed by atoms with van der Waals surface area (Å²) in [6.07, 6.45) is 16.1. The summed E-state index contributed by atoms with van der Waals surface area (Å²) in [5.41, 5.74) is 1.28. The molecule has 1 N–H and O–H groups in total. The highest BCUT2D eigenvalue weighted by Crippen LogP contribution is 2.39. The van der Waals surface area contributed by atoms with Crippen LogP contribution in [-0.4, -0.2) is 31.3 Å². The van der Waals surface area contributed by atoms with Crippen molar-refractivity contribution in [3.05, 3.63) is 23.8 Å². The average Bonchev–Trinajstić information content (AvgIpc) is 3.01. The number of carboxylic acid groups (broad SMARTS) is 1. The lowest BCUT2D eigenvalue weighted by Gasteiger charge is -2.39. The van der Waals surface area contributed by atoms with Crippen LogP contribution in [0.2, 0.25) is 18.1 Å². The number of allylic oxidation sites excluding steroid dienone is 4. The summed E-state index contributed by atoms with van der Waals surface area (Å²) >= 11 is 0. The van der Waals surface area contributed by atoms with Gasteiger partial charge in [-0.25, -0.2) is 0 Å². The number of carboxylic acids is 1. The van der Waals surface area contributed by atoms with Crippen LogP contribution >= 0.6 is 0 Å². The lowest BCUT2D eigenvalue weighted by Crippen LogP contribution is -2.44. The molecule has 178 valence electrons. The van der Waals surface area contributed by atoms with Gasteiger partial charge in [0.2, 0.25) is 0 Å². The van der Waals surface area contributed by atoms with Gasteiger partial charge in [0.05, 0.1) is 0 Å². The smallest absolute Gasteiger partial charge is 0.303 e. The Morgan fingerprint density at radius 1 is 1.23 bits per heavy atom. The summed E-state index contributed by atoms with van der Waals surface area (Å²) in [4.78, 5) is 23.0. The van der Waals surface area contributed by atoms with Gasteiger partial charge in [0.1, 0.15) is 5.78 Å². The minimum atomic E-state index is -1.82. The molecular weight excluding hydrogens is 404 g/mol. The van der Waals surface area contributed by atoms with Crippen molar-refractivity contribution in [3.63, 3.8) is 0 Å². The quantitative estimate of drug-likeness (QED) is 0.160. The minimum Gasteiger partial charge on any atom is -0.481 e. The summed E-state index contributed by atoms with van der Waals surface area (Å²) in [6, 6.07) is 0. The van der Waals surface area contributed by atoms with Crippen LogP contribution in [0.25, 0.3) is 0 Å². The van der Waals surface area contributed by atoms with Crippen LogP contribution in [0.5, 0.6) is 0 Å². The number of carbonyl (C=O) groups is 2. The van der Waals surface area contributed by atoms with Gasteiger partial charge in [-0.2, -0.15) is 0 Å². The molecule has 1 rings (SSSR count). The van der Waals surface area contributed by atoms with Crippen molar-refractivity contribution in [2.75, 3.05) is 0 Å². The van der Waals surface area contributed by atoms with E-state index in [1.165, 1.54) is 24.8 Å². The molecule has 0 bridgehead atoms. The molecule has 1 unspecified atom stereocenters. The first-order valence-corrected chi connectivity index (χ1v) is 15.1. The monoisotopic (exact) mass is 450 g/mol. The normalized spacial score (nSPS) is 18.6. The Morgan fingerprint density at radius 3 is 2.55 bits per heavy atom. The lowest BCUT2D eigenvalue weighted by atomic mass is 9.91. The molecule has 0 aromatic heterocycles. The maximum absolute atomic E-state index is 12.4. The third kappa shape index (κ3) is 10.3. The maximum Gasteiger partial charge on any atom is 0.303 e. The van der Waals surface area contributed by atoms with Crippen molar-refractivity contribution >= 4 is 20.1 Å². The highest BCUT2D eigenvalue weighted by Gasteiger charge is 2.39. The van der Waals surface area contributed by atoms with Gasteiger partial charge in [0.15, 0.2) is 8.32 Å². The van der Waals surface area contributed by atoms with Crippen molar-refractivity contribution < 1.29 is 19.1 Å². The molecule has 0 aromatic carbocycles. The molecule has 0 spiro atoms. The molecule has 0 heterocycles. The van der Waals surface area contributed by atoms with Crippen LogP contribution < -0.4 is 0 Å². The Kier molecular flexibility index (Phi) is 12.0. The number of unbranched alkanes of at least 4 members (excludes halogenated alkanes) is 3. The fourth-order valence-electron chi connectivity index (χ4n) is 3.81. The van der Waals surface area contributed by atoms with Crippen molar-refractivity contribution in [1.82, 2.24) is 0 Å². The molecule has 31 heavy (non-hydrogen) atoms. The van der Waals surface area contributed by atoms with Crippen molar-refractivity contribution in [1.29, 1.82) is 0 Å². The van der Waals surface area contributed by atoms with E-state index < -0.39 is 14.3 Å². The van der Waals surface area contributed by atoms with Crippen molar-refractivity contribution in [2.45, 2.75) is 123 Å². The predicted molar refractivity (Wildman–Crippen MR) is 132 cm³/mol. The van der Waals surface area contributed by atoms with Gasteiger partial charge in [-0.3, -0.25) is 9.59 Å². The Labute approximate surface area is 191 Å². The second kappa shape index (κ2) is 13.4. The predicted octanol–water partition coefficient (Wildman–Crippen LogP) is 7.45. The van der Waals surface area contributed by atoms with Gasteiger partial charge in [-0.15, -0.1) is 0 Å². The fraction of sp³-hybridized carbons (Fsp3) is 0.769. The molecule has 0 amide bonds. The molecule has 1 aliphatic carbocycles. The highest BCUT2D eigenvalue weighted by molar-refractivity contribution is 6.74. The molecule has 0 saturated carbocycles. The van der Waals surface area contributed by atoms with Crippen molar-refractivity contribution in [2.24, 2.45) is 5.92 Å². The van der Waals surface area contributed by atoms with Crippen LogP contribution in [0.3, 0.4) is 0 Å². The first-order chi connectivity index (χ1) is 14.5. The summed E-state index contributed by atoms with van der Waals surface area (Å²) < 4.78 is 6.78. The van der Waals surface area contributed by atoms with Crippen LogP contribution in [0.15, 0.2) is 23.8 Å². The molecule has 2 atom stereocenters. The van der Waals surface area contributed by atoms with E-state index >= 15 is 0 Å². The van der Waals surface area contributed by atoms with E-state index in [0.29, 0.717) is 18.6 Å². The lowest BCUT2D eigenvalue weighted by molar-refractivity contribution is -0.137. The van der Waals surface area contributed by atoms with E-state index in [1.54, 1.807) is 0 Å². The van der Waals surface area contributed by atoms with E-state index in [4.69, 9.17) is 9.53 Å². The molecule has 5 heteroatoms. The van der Waals surface area contributed by atoms with E-state index in [9.17, 15) is 9.59 Å². The molecule has 4 nitrogen and oxygen atoms in total. The molecule has 0 saturated heterocycles. The minimum absolute atomic E-state index is 0.000105. The second-order valence-corrected chi connectivity index (χ2v) is 15.3. The number of rotatable bonds is 15. The molecule has 1 aliphatic rings. The fourth-order valence-corrected chi connectivity index (χ4v) is 5.23. The number of hydrogen-bond acceptors (Lipinski definition) is 3. The van der Waals surface area contributed by atoms with Crippen LogP contribution in [-0.2, 0) is 14.0 Å². The number of ketones is 1. The Hall–Kier alpha value is -1.20. The van der Waals surface area contributed by atoms with Gasteiger partial charge in [0, 0.05) is 24.9 Å². The zero-order chi connectivity index (χ0) is 23.5. The third-order valence-electron chi connectivity index (χ3n) is 6.85. The van der Waals surface area contributed by atoms with Crippen LogP contribution in [0.1, 0.15) is 98.3 Å². The second-order valence-electron chi connectivity index (χ2n) is 10.5. The SMILES string of the molecule is CCCCCC(CCC1=CCC(=O)[C@@H]1C/C=C\CCCC(=O)O)O[Si](C)(C)C(C)(C)C. The van der Waals surface area contributed by atoms with Gasteiger partial charge < -0.3 is 9.53 Å². The van der Waals surface area contributed by atoms with E-state index in [2.05, 4.69) is 52.9 Å². The maximum atomic E-state index is 12.4. The number of Topliss-reactive ketones (excluding diaryl/α,β-unsaturated/α-hetero) is 1.